The fourth-order valence-corrected chi connectivity index (χ4v) is 1.82. The third kappa shape index (κ3) is 6.04. The number of carbonyl (C=O) groups excluding carboxylic acids is 1. The Hall–Kier alpha value is -1.75. The van der Waals surface area contributed by atoms with Gasteiger partial charge in [-0.3, -0.25) is 4.79 Å². The number of aliphatic imine (C=N–C) groups is 1. The number of carbonyl (C=O) groups is 1. The van der Waals surface area contributed by atoms with E-state index in [0.29, 0.717) is 12.5 Å². The van der Waals surface area contributed by atoms with Crippen molar-refractivity contribution in [2.75, 3.05) is 34.2 Å². The molecular formula is C15H23ClN4O. The minimum Gasteiger partial charge on any atom is -0.357 e. The Kier molecular flexibility index (Phi) is 7.02. The van der Waals surface area contributed by atoms with E-state index in [-0.39, 0.29) is 12.5 Å². The molecule has 5 nitrogen and oxygen atoms in total. The van der Waals surface area contributed by atoms with Gasteiger partial charge in [0, 0.05) is 39.3 Å². The van der Waals surface area contributed by atoms with E-state index >= 15 is 0 Å². The summed E-state index contributed by atoms with van der Waals surface area (Å²) in [6.45, 7) is 3.58. The zero-order chi connectivity index (χ0) is 15.8. The van der Waals surface area contributed by atoms with Crippen molar-refractivity contribution in [1.29, 1.82) is 0 Å². The smallest absolute Gasteiger partial charge is 0.243 e. The van der Waals surface area contributed by atoms with Gasteiger partial charge in [0.1, 0.15) is 6.54 Å². The summed E-state index contributed by atoms with van der Waals surface area (Å²) in [6.07, 6.45) is 0. The molecule has 1 amide bonds. The van der Waals surface area contributed by atoms with Crippen LogP contribution >= 0.6 is 11.6 Å². The van der Waals surface area contributed by atoms with Crippen molar-refractivity contribution in [1.82, 2.24) is 15.1 Å². The zero-order valence-electron chi connectivity index (χ0n) is 13.1. The minimum atomic E-state index is -0.0229. The van der Waals surface area contributed by atoms with Crippen LogP contribution in [0.5, 0.6) is 0 Å². The summed E-state index contributed by atoms with van der Waals surface area (Å²) < 4.78 is 0. The van der Waals surface area contributed by atoms with E-state index in [9.17, 15) is 4.79 Å². The Labute approximate surface area is 131 Å². The molecule has 1 N–H and O–H groups in total. The highest BCUT2D eigenvalue weighted by molar-refractivity contribution is 6.30. The molecule has 0 saturated carbocycles. The number of benzene rings is 1. The summed E-state index contributed by atoms with van der Waals surface area (Å²) in [4.78, 5) is 19.5. The van der Waals surface area contributed by atoms with E-state index in [4.69, 9.17) is 11.6 Å². The molecular weight excluding hydrogens is 288 g/mol. The van der Waals surface area contributed by atoms with Gasteiger partial charge in [-0.05, 0) is 24.6 Å². The standard InChI is InChI=1S/C15H23ClN4O/c1-5-17-15(18-10-14(21)19(2)3)20(4)11-12-6-8-13(16)9-7-12/h6-9H,5,10-11H2,1-4H3,(H,17,18). The topological polar surface area (TPSA) is 47.9 Å². The number of amides is 1. The van der Waals surface area contributed by atoms with Crippen molar-refractivity contribution >= 4 is 23.5 Å². The monoisotopic (exact) mass is 310 g/mol. The second-order valence-electron chi connectivity index (χ2n) is 4.94. The van der Waals surface area contributed by atoms with Gasteiger partial charge < -0.3 is 15.1 Å². The maximum atomic E-state index is 11.6. The first-order valence-corrected chi connectivity index (χ1v) is 7.26. The summed E-state index contributed by atoms with van der Waals surface area (Å²) >= 11 is 5.88. The fourth-order valence-electron chi connectivity index (χ4n) is 1.69. The van der Waals surface area contributed by atoms with Crippen LogP contribution in [-0.4, -0.2) is 55.9 Å². The van der Waals surface area contributed by atoms with E-state index in [0.717, 1.165) is 17.1 Å². The molecule has 1 aromatic rings. The highest BCUT2D eigenvalue weighted by atomic mass is 35.5. The molecule has 0 spiro atoms. The van der Waals surface area contributed by atoms with Crippen molar-refractivity contribution in [3.63, 3.8) is 0 Å². The molecule has 1 aromatic carbocycles. The molecule has 1 rings (SSSR count). The molecule has 0 radical (unpaired) electrons. The number of rotatable bonds is 5. The lowest BCUT2D eigenvalue weighted by Gasteiger charge is -2.22. The number of nitrogens with one attached hydrogen (secondary N) is 1. The predicted octanol–water partition coefficient (Wildman–Crippen LogP) is 1.83. The molecule has 116 valence electrons. The predicted molar refractivity (Wildman–Crippen MR) is 87.6 cm³/mol. The Morgan fingerprint density at radius 3 is 2.38 bits per heavy atom. The molecule has 0 aliphatic rings. The lowest BCUT2D eigenvalue weighted by atomic mass is 10.2. The number of hydrogen-bond acceptors (Lipinski definition) is 2. The maximum Gasteiger partial charge on any atom is 0.243 e. The molecule has 0 unspecified atom stereocenters. The van der Waals surface area contributed by atoms with Crippen molar-refractivity contribution in [2.24, 2.45) is 4.99 Å². The average Bonchev–Trinajstić information content (AvgIpc) is 2.45. The highest BCUT2D eigenvalue weighted by Gasteiger charge is 2.08. The van der Waals surface area contributed by atoms with E-state index < -0.39 is 0 Å². The third-order valence-corrected chi connectivity index (χ3v) is 3.14. The van der Waals surface area contributed by atoms with Gasteiger partial charge in [0.15, 0.2) is 5.96 Å². The van der Waals surface area contributed by atoms with E-state index in [1.165, 1.54) is 4.90 Å². The number of halogens is 1. The minimum absolute atomic E-state index is 0.0229. The molecule has 0 heterocycles. The first kappa shape index (κ1) is 17.3. The second-order valence-corrected chi connectivity index (χ2v) is 5.38. The Morgan fingerprint density at radius 1 is 1.24 bits per heavy atom. The summed E-state index contributed by atoms with van der Waals surface area (Å²) in [5.74, 6) is 0.688. The van der Waals surface area contributed by atoms with Crippen LogP contribution in [0.15, 0.2) is 29.3 Å². The van der Waals surface area contributed by atoms with Gasteiger partial charge in [-0.15, -0.1) is 0 Å². The normalized spacial score (nSPS) is 11.2. The first-order chi connectivity index (χ1) is 9.93. The summed E-state index contributed by atoms with van der Waals surface area (Å²) in [7, 11) is 5.39. The quantitative estimate of drug-likeness (QED) is 0.667. The number of likely N-dealkylation sites (N-methyl/N-ethyl adjacent to an activating group) is 1. The SMILES string of the molecule is CCNC(=NCC(=O)N(C)C)N(C)Cc1ccc(Cl)cc1. The lowest BCUT2D eigenvalue weighted by Crippen LogP contribution is -2.39. The van der Waals surface area contributed by atoms with E-state index in [1.807, 2.05) is 43.1 Å². The largest absolute Gasteiger partial charge is 0.357 e. The third-order valence-electron chi connectivity index (χ3n) is 2.89. The molecule has 0 saturated heterocycles. The van der Waals surface area contributed by atoms with Gasteiger partial charge in [0.25, 0.3) is 0 Å². The number of guanidine groups is 1. The van der Waals surface area contributed by atoms with Gasteiger partial charge >= 0.3 is 0 Å². The maximum absolute atomic E-state index is 11.6. The van der Waals surface area contributed by atoms with Crippen molar-refractivity contribution in [2.45, 2.75) is 13.5 Å². The molecule has 0 aliphatic carbocycles. The molecule has 0 atom stereocenters. The summed E-state index contributed by atoms with van der Waals surface area (Å²) in [5.41, 5.74) is 1.13. The Morgan fingerprint density at radius 2 is 1.86 bits per heavy atom. The molecule has 0 aromatic heterocycles. The molecule has 6 heteroatoms. The van der Waals surface area contributed by atoms with E-state index in [1.54, 1.807) is 14.1 Å². The molecule has 0 aliphatic heterocycles. The van der Waals surface area contributed by atoms with Gasteiger partial charge in [0.2, 0.25) is 5.91 Å². The van der Waals surface area contributed by atoms with Gasteiger partial charge in [-0.2, -0.15) is 0 Å². The van der Waals surface area contributed by atoms with Gasteiger partial charge in [0.05, 0.1) is 0 Å². The number of nitrogens with zero attached hydrogens (tertiary/aromatic N) is 3. The fraction of sp³-hybridized carbons (Fsp3) is 0.467. The van der Waals surface area contributed by atoms with Gasteiger partial charge in [-0.1, -0.05) is 23.7 Å². The van der Waals surface area contributed by atoms with Crippen molar-refractivity contribution in [3.05, 3.63) is 34.9 Å². The second kappa shape index (κ2) is 8.52. The molecule has 0 fully saturated rings. The zero-order valence-corrected chi connectivity index (χ0v) is 13.8. The Balaban J connectivity index is 2.72. The van der Waals surface area contributed by atoms with Crippen molar-refractivity contribution in [3.8, 4) is 0 Å². The highest BCUT2D eigenvalue weighted by Crippen LogP contribution is 2.11. The molecule has 0 bridgehead atoms. The van der Waals surface area contributed by atoms with Crippen LogP contribution in [0.3, 0.4) is 0 Å². The summed E-state index contributed by atoms with van der Waals surface area (Å²) in [6, 6.07) is 7.69. The van der Waals surface area contributed by atoms with Gasteiger partial charge in [-0.25, -0.2) is 4.99 Å². The summed E-state index contributed by atoms with van der Waals surface area (Å²) in [5, 5.41) is 3.91. The van der Waals surface area contributed by atoms with E-state index in [2.05, 4.69) is 10.3 Å². The van der Waals surface area contributed by atoms with Crippen LogP contribution in [-0.2, 0) is 11.3 Å². The average molecular weight is 311 g/mol. The first-order valence-electron chi connectivity index (χ1n) is 6.88. The van der Waals surface area contributed by atoms with Crippen molar-refractivity contribution < 1.29 is 4.79 Å². The lowest BCUT2D eigenvalue weighted by molar-refractivity contribution is -0.127. The van der Waals surface area contributed by atoms with Crippen LogP contribution in [0.2, 0.25) is 5.02 Å². The molecule has 21 heavy (non-hydrogen) atoms. The van der Waals surface area contributed by atoms with Crippen LogP contribution in [0, 0.1) is 0 Å². The number of hydrogen-bond donors (Lipinski definition) is 1. The Bertz CT molecular complexity index is 485. The van der Waals surface area contributed by atoms with Crippen LogP contribution in [0.1, 0.15) is 12.5 Å². The van der Waals surface area contributed by atoms with Crippen LogP contribution < -0.4 is 5.32 Å². The van der Waals surface area contributed by atoms with Crippen LogP contribution in [0.4, 0.5) is 0 Å². The van der Waals surface area contributed by atoms with Crippen LogP contribution in [0.25, 0.3) is 0 Å².